The highest BCUT2D eigenvalue weighted by Gasteiger charge is 2.36. The van der Waals surface area contributed by atoms with E-state index < -0.39 is 27.8 Å². The van der Waals surface area contributed by atoms with E-state index in [-0.39, 0.29) is 12.6 Å². The molecule has 2 atom stereocenters. The maximum Gasteiger partial charge on any atom is 0.310 e. The van der Waals surface area contributed by atoms with Gasteiger partial charge in [-0.1, -0.05) is 0 Å². The lowest BCUT2D eigenvalue weighted by atomic mass is 9.80. The summed E-state index contributed by atoms with van der Waals surface area (Å²) in [6, 6.07) is 0. The molecule has 0 rings (SSSR count). The molecule has 0 amide bonds. The first-order valence-electron chi connectivity index (χ1n) is 5.98. The molecule has 6 heteroatoms. The summed E-state index contributed by atoms with van der Waals surface area (Å²) in [4.78, 5) is 12.0. The average Bonchev–Trinajstić information content (AvgIpc) is 2.10. The second kappa shape index (κ2) is 6.63. The number of ether oxygens (including phenoxy) is 1. The van der Waals surface area contributed by atoms with E-state index in [2.05, 4.69) is 0 Å². The summed E-state index contributed by atoms with van der Waals surface area (Å²) < 4.78 is 16.0. The summed E-state index contributed by atoms with van der Waals surface area (Å²) in [6.45, 7) is 7.41. The van der Waals surface area contributed by atoms with E-state index in [1.54, 1.807) is 20.1 Å². The zero-order valence-electron chi connectivity index (χ0n) is 12.0. The Morgan fingerprint density at radius 3 is 2.11 bits per heavy atom. The molecule has 0 aromatic rings. The maximum atomic E-state index is 12.0. The molecule has 108 valence electrons. The molecule has 0 saturated carbocycles. The Kier molecular flexibility index (Phi) is 6.46. The number of carbonyl (C=O) groups excluding carboxylic acids is 1. The Balaban J connectivity index is 4.57. The summed E-state index contributed by atoms with van der Waals surface area (Å²) in [5.41, 5.74) is 10.8. The van der Waals surface area contributed by atoms with Crippen LogP contribution in [0.5, 0.6) is 0 Å². The lowest BCUT2D eigenvalue weighted by molar-refractivity contribution is -0.150. The predicted octanol–water partition coefficient (Wildman–Crippen LogP) is 0.389. The molecule has 0 aliphatic carbocycles. The van der Waals surface area contributed by atoms with Crippen molar-refractivity contribution in [2.45, 2.75) is 45.2 Å². The van der Waals surface area contributed by atoms with Gasteiger partial charge in [0.15, 0.2) is 0 Å². The van der Waals surface area contributed by atoms with Gasteiger partial charge in [-0.25, -0.2) is 0 Å². The van der Waals surface area contributed by atoms with Gasteiger partial charge in [0.2, 0.25) is 0 Å². The van der Waals surface area contributed by atoms with Crippen LogP contribution in [0, 0.1) is 5.92 Å². The van der Waals surface area contributed by atoms with Crippen LogP contribution >= 0.6 is 0 Å². The number of esters is 1. The fraction of sp³-hybridized carbons (Fsp3) is 0.917. The lowest BCUT2D eigenvalue weighted by Crippen LogP contribution is -2.50. The molecule has 0 radical (unpaired) electrons. The van der Waals surface area contributed by atoms with E-state index in [9.17, 15) is 9.00 Å². The lowest BCUT2D eigenvalue weighted by Gasteiger charge is -2.33. The van der Waals surface area contributed by atoms with Crippen LogP contribution in [0.25, 0.3) is 0 Å². The standard InChI is InChI=1S/C12H26N2O3S/c1-11(2,13)8-9(12(3,4)14)10(15)17-6-7-18(5)16/h9H,6-8,13-14H2,1-5H3. The monoisotopic (exact) mass is 278 g/mol. The molecule has 0 aliphatic heterocycles. The van der Waals surface area contributed by atoms with Crippen molar-refractivity contribution in [2.24, 2.45) is 17.4 Å². The van der Waals surface area contributed by atoms with Gasteiger partial charge >= 0.3 is 5.97 Å². The Hall–Kier alpha value is -0.460. The second-order valence-electron chi connectivity index (χ2n) is 6.01. The highest BCUT2D eigenvalue weighted by Crippen LogP contribution is 2.24. The van der Waals surface area contributed by atoms with E-state index in [4.69, 9.17) is 16.2 Å². The van der Waals surface area contributed by atoms with Crippen molar-refractivity contribution < 1.29 is 13.7 Å². The SMILES string of the molecule is CS(=O)CCOC(=O)C(CC(C)(C)N)C(C)(C)N. The summed E-state index contributed by atoms with van der Waals surface area (Å²) >= 11 is 0. The van der Waals surface area contributed by atoms with Crippen LogP contribution < -0.4 is 11.5 Å². The van der Waals surface area contributed by atoms with Gasteiger partial charge in [-0.05, 0) is 34.1 Å². The summed E-state index contributed by atoms with van der Waals surface area (Å²) in [5.74, 6) is -0.496. The van der Waals surface area contributed by atoms with Crippen molar-refractivity contribution in [2.75, 3.05) is 18.6 Å². The Morgan fingerprint density at radius 2 is 1.78 bits per heavy atom. The van der Waals surface area contributed by atoms with Crippen molar-refractivity contribution in [1.29, 1.82) is 0 Å². The molecule has 0 saturated heterocycles. The van der Waals surface area contributed by atoms with Gasteiger partial charge < -0.3 is 16.2 Å². The third-order valence-electron chi connectivity index (χ3n) is 2.53. The molecule has 0 heterocycles. The summed E-state index contributed by atoms with van der Waals surface area (Å²) in [5, 5.41) is 0. The van der Waals surface area contributed by atoms with Crippen LogP contribution in [0.3, 0.4) is 0 Å². The van der Waals surface area contributed by atoms with Crippen LogP contribution in [0.2, 0.25) is 0 Å². The fourth-order valence-electron chi connectivity index (χ4n) is 1.54. The van der Waals surface area contributed by atoms with Crippen molar-refractivity contribution in [3.8, 4) is 0 Å². The highest BCUT2D eigenvalue weighted by atomic mass is 32.2. The van der Waals surface area contributed by atoms with E-state index >= 15 is 0 Å². The van der Waals surface area contributed by atoms with Crippen molar-refractivity contribution in [1.82, 2.24) is 0 Å². The fourth-order valence-corrected chi connectivity index (χ4v) is 1.85. The van der Waals surface area contributed by atoms with Crippen LogP contribution in [-0.4, -0.2) is 39.9 Å². The number of hydrogen-bond acceptors (Lipinski definition) is 5. The third-order valence-corrected chi connectivity index (χ3v) is 3.27. The molecular formula is C12H26N2O3S. The minimum atomic E-state index is -0.969. The van der Waals surface area contributed by atoms with Crippen LogP contribution in [0.15, 0.2) is 0 Å². The molecular weight excluding hydrogens is 252 g/mol. The van der Waals surface area contributed by atoms with Gasteiger partial charge in [0.05, 0.1) is 11.7 Å². The number of hydrogen-bond donors (Lipinski definition) is 2. The van der Waals surface area contributed by atoms with Crippen molar-refractivity contribution in [3.05, 3.63) is 0 Å². The molecule has 2 unspecified atom stereocenters. The van der Waals surface area contributed by atoms with Gasteiger partial charge in [0, 0.05) is 28.1 Å². The molecule has 0 fully saturated rings. The van der Waals surface area contributed by atoms with Crippen LogP contribution in [0.4, 0.5) is 0 Å². The van der Waals surface area contributed by atoms with E-state index in [1.165, 1.54) is 0 Å². The first-order chi connectivity index (χ1) is 7.93. The molecule has 5 nitrogen and oxygen atoms in total. The highest BCUT2D eigenvalue weighted by molar-refractivity contribution is 7.84. The zero-order valence-corrected chi connectivity index (χ0v) is 12.8. The molecule has 0 aromatic carbocycles. The average molecular weight is 278 g/mol. The predicted molar refractivity (Wildman–Crippen MR) is 74.5 cm³/mol. The molecule has 0 bridgehead atoms. The van der Waals surface area contributed by atoms with Gasteiger partial charge in [-0.15, -0.1) is 0 Å². The summed E-state index contributed by atoms with van der Waals surface area (Å²) in [7, 11) is -0.969. The maximum absolute atomic E-state index is 12.0. The van der Waals surface area contributed by atoms with Crippen LogP contribution in [0.1, 0.15) is 34.1 Å². The molecule has 0 spiro atoms. The number of rotatable bonds is 7. The minimum Gasteiger partial charge on any atom is -0.464 e. The number of nitrogens with two attached hydrogens (primary N) is 2. The smallest absolute Gasteiger partial charge is 0.310 e. The molecule has 0 aliphatic rings. The van der Waals surface area contributed by atoms with Crippen LogP contribution in [-0.2, 0) is 20.3 Å². The zero-order chi connectivity index (χ0) is 14.6. The van der Waals surface area contributed by atoms with Gasteiger partial charge in [-0.2, -0.15) is 0 Å². The second-order valence-corrected chi connectivity index (χ2v) is 7.57. The van der Waals surface area contributed by atoms with Crippen molar-refractivity contribution >= 4 is 16.8 Å². The third kappa shape index (κ3) is 7.79. The minimum absolute atomic E-state index is 0.152. The first kappa shape index (κ1) is 17.5. The normalized spacial score (nSPS) is 16.2. The topological polar surface area (TPSA) is 95.4 Å². The molecule has 18 heavy (non-hydrogen) atoms. The number of carbonyl (C=O) groups is 1. The van der Waals surface area contributed by atoms with Gasteiger partial charge in [0.1, 0.15) is 6.61 Å². The van der Waals surface area contributed by atoms with Crippen molar-refractivity contribution in [3.63, 3.8) is 0 Å². The Bertz CT molecular complexity index is 305. The van der Waals surface area contributed by atoms with E-state index in [0.717, 1.165) is 0 Å². The van der Waals surface area contributed by atoms with E-state index in [1.807, 2.05) is 13.8 Å². The van der Waals surface area contributed by atoms with Gasteiger partial charge in [0.25, 0.3) is 0 Å². The Labute approximate surface area is 112 Å². The Morgan fingerprint density at radius 1 is 1.28 bits per heavy atom. The van der Waals surface area contributed by atoms with E-state index in [0.29, 0.717) is 12.2 Å². The summed E-state index contributed by atoms with van der Waals surface area (Å²) in [6.07, 6.45) is 2.02. The first-order valence-corrected chi connectivity index (χ1v) is 7.70. The quantitative estimate of drug-likeness (QED) is 0.657. The largest absolute Gasteiger partial charge is 0.464 e. The van der Waals surface area contributed by atoms with Gasteiger partial charge in [-0.3, -0.25) is 9.00 Å². The molecule has 0 aromatic heterocycles. The molecule has 4 N–H and O–H groups in total.